The summed E-state index contributed by atoms with van der Waals surface area (Å²) in [4.78, 5) is 2.45. The maximum atomic E-state index is 9.12. The quantitative estimate of drug-likeness (QED) is 0.597. The summed E-state index contributed by atoms with van der Waals surface area (Å²) in [6.07, 6.45) is 5.15. The van der Waals surface area contributed by atoms with Crippen LogP contribution in [0.4, 0.5) is 0 Å². The molecule has 0 rings (SSSR count). The fourth-order valence-electron chi connectivity index (χ4n) is 2.32. The Hall–Kier alpha value is -0.590. The van der Waals surface area contributed by atoms with Gasteiger partial charge in [-0.3, -0.25) is 4.90 Å². The molecule has 100 valence electrons. The molecule has 0 radical (unpaired) electrons. The van der Waals surface area contributed by atoms with Gasteiger partial charge in [-0.2, -0.15) is 5.26 Å². The summed E-state index contributed by atoms with van der Waals surface area (Å²) >= 11 is 0. The van der Waals surface area contributed by atoms with Gasteiger partial charge in [0.25, 0.3) is 0 Å². The second kappa shape index (κ2) is 10.6. The summed E-state index contributed by atoms with van der Waals surface area (Å²) in [6, 6.07) is 2.74. The van der Waals surface area contributed by atoms with Crippen molar-refractivity contribution in [3.63, 3.8) is 0 Å². The van der Waals surface area contributed by atoms with Gasteiger partial charge in [0.2, 0.25) is 0 Å². The predicted octanol–water partition coefficient (Wildman–Crippen LogP) is 2.80. The standard InChI is InChI=1S/C14H28N2O/c1-4-9-16(10-5-2)14(13(3)12-15)8-6-7-11-17/h13-14,17H,4-11H2,1-3H3. The smallest absolute Gasteiger partial charge is 0.0669 e. The Balaban J connectivity index is 4.43. The molecule has 0 saturated carbocycles. The molecular formula is C14H28N2O. The van der Waals surface area contributed by atoms with Crippen LogP contribution in [0.3, 0.4) is 0 Å². The van der Waals surface area contributed by atoms with Crippen LogP contribution in [0.25, 0.3) is 0 Å². The van der Waals surface area contributed by atoms with E-state index in [0.717, 1.165) is 45.2 Å². The second-order valence-electron chi connectivity index (χ2n) is 4.74. The van der Waals surface area contributed by atoms with E-state index in [-0.39, 0.29) is 12.5 Å². The highest BCUT2D eigenvalue weighted by molar-refractivity contribution is 4.90. The Kier molecular flexibility index (Phi) is 10.2. The molecule has 0 aromatic carbocycles. The Morgan fingerprint density at radius 2 is 1.76 bits per heavy atom. The number of hydrogen-bond acceptors (Lipinski definition) is 3. The van der Waals surface area contributed by atoms with Crippen molar-refractivity contribution in [2.75, 3.05) is 19.7 Å². The average Bonchev–Trinajstić information content (AvgIpc) is 2.34. The molecule has 0 aliphatic heterocycles. The van der Waals surface area contributed by atoms with E-state index in [2.05, 4.69) is 24.8 Å². The van der Waals surface area contributed by atoms with Crippen molar-refractivity contribution in [3.8, 4) is 6.07 Å². The van der Waals surface area contributed by atoms with Crippen molar-refractivity contribution in [1.82, 2.24) is 4.90 Å². The largest absolute Gasteiger partial charge is 0.396 e. The topological polar surface area (TPSA) is 47.3 Å². The summed E-state index contributed by atoms with van der Waals surface area (Å²) in [5.41, 5.74) is 0. The van der Waals surface area contributed by atoms with Gasteiger partial charge in [-0.15, -0.1) is 0 Å². The normalized spacial score (nSPS) is 14.6. The van der Waals surface area contributed by atoms with E-state index < -0.39 is 0 Å². The van der Waals surface area contributed by atoms with Crippen LogP contribution in [0.5, 0.6) is 0 Å². The van der Waals surface area contributed by atoms with Crippen molar-refractivity contribution in [2.45, 2.75) is 58.9 Å². The molecule has 2 unspecified atom stereocenters. The summed E-state index contributed by atoms with van der Waals surface area (Å²) in [7, 11) is 0. The predicted molar refractivity (Wildman–Crippen MR) is 71.7 cm³/mol. The number of aliphatic hydroxyl groups is 1. The second-order valence-corrected chi connectivity index (χ2v) is 4.74. The van der Waals surface area contributed by atoms with E-state index in [9.17, 15) is 0 Å². The minimum Gasteiger partial charge on any atom is -0.396 e. The fourth-order valence-corrected chi connectivity index (χ4v) is 2.32. The molecule has 0 spiro atoms. The van der Waals surface area contributed by atoms with Gasteiger partial charge in [0, 0.05) is 12.6 Å². The minimum absolute atomic E-state index is 0.0757. The molecule has 1 N–H and O–H groups in total. The first-order valence-electron chi connectivity index (χ1n) is 6.95. The molecule has 0 amide bonds. The van der Waals surface area contributed by atoms with Gasteiger partial charge in [0.1, 0.15) is 0 Å². The molecule has 0 aromatic heterocycles. The fraction of sp³-hybridized carbons (Fsp3) is 0.929. The van der Waals surface area contributed by atoms with Crippen LogP contribution in [0, 0.1) is 17.2 Å². The number of hydrogen-bond donors (Lipinski definition) is 1. The van der Waals surface area contributed by atoms with Crippen LogP contribution in [0.2, 0.25) is 0 Å². The summed E-state index contributed by atoms with van der Waals surface area (Å²) < 4.78 is 0. The van der Waals surface area contributed by atoms with E-state index >= 15 is 0 Å². The van der Waals surface area contributed by atoms with Gasteiger partial charge in [-0.1, -0.05) is 13.8 Å². The number of rotatable bonds is 10. The Bertz CT molecular complexity index is 207. The van der Waals surface area contributed by atoms with E-state index in [4.69, 9.17) is 10.4 Å². The number of unbranched alkanes of at least 4 members (excludes halogenated alkanes) is 1. The van der Waals surface area contributed by atoms with Gasteiger partial charge >= 0.3 is 0 Å². The first-order valence-corrected chi connectivity index (χ1v) is 6.95. The summed E-state index contributed by atoms with van der Waals surface area (Å²) in [5, 5.41) is 18.0. The maximum absolute atomic E-state index is 9.12. The van der Waals surface area contributed by atoms with Crippen LogP contribution in [0.1, 0.15) is 52.9 Å². The van der Waals surface area contributed by atoms with Gasteiger partial charge < -0.3 is 5.11 Å². The van der Waals surface area contributed by atoms with Crippen LogP contribution in [-0.2, 0) is 0 Å². The SMILES string of the molecule is CCCN(CCC)C(CCCCO)C(C)C#N. The van der Waals surface area contributed by atoms with Gasteiger partial charge in [-0.05, 0) is 52.1 Å². The molecule has 0 fully saturated rings. The Morgan fingerprint density at radius 1 is 1.18 bits per heavy atom. The lowest BCUT2D eigenvalue weighted by molar-refractivity contribution is 0.152. The van der Waals surface area contributed by atoms with Gasteiger partial charge in [0.15, 0.2) is 0 Å². The Labute approximate surface area is 106 Å². The zero-order valence-corrected chi connectivity index (χ0v) is 11.7. The van der Waals surface area contributed by atoms with Crippen LogP contribution < -0.4 is 0 Å². The molecule has 3 nitrogen and oxygen atoms in total. The Morgan fingerprint density at radius 3 is 2.18 bits per heavy atom. The van der Waals surface area contributed by atoms with Crippen LogP contribution in [-0.4, -0.2) is 35.7 Å². The van der Waals surface area contributed by atoms with Crippen molar-refractivity contribution in [2.24, 2.45) is 5.92 Å². The highest BCUT2D eigenvalue weighted by Gasteiger charge is 2.22. The third kappa shape index (κ3) is 6.65. The first kappa shape index (κ1) is 16.4. The van der Waals surface area contributed by atoms with Crippen molar-refractivity contribution >= 4 is 0 Å². The van der Waals surface area contributed by atoms with Crippen LogP contribution >= 0.6 is 0 Å². The lowest BCUT2D eigenvalue weighted by Gasteiger charge is -2.33. The molecule has 17 heavy (non-hydrogen) atoms. The van der Waals surface area contributed by atoms with Gasteiger partial charge in [-0.25, -0.2) is 0 Å². The maximum Gasteiger partial charge on any atom is 0.0669 e. The first-order chi connectivity index (χ1) is 8.21. The van der Waals surface area contributed by atoms with E-state index in [1.165, 1.54) is 0 Å². The highest BCUT2D eigenvalue weighted by atomic mass is 16.2. The third-order valence-electron chi connectivity index (χ3n) is 3.18. The van der Waals surface area contributed by atoms with Crippen molar-refractivity contribution < 1.29 is 5.11 Å². The lowest BCUT2D eigenvalue weighted by atomic mass is 9.95. The van der Waals surface area contributed by atoms with Crippen molar-refractivity contribution in [1.29, 1.82) is 5.26 Å². The molecular weight excluding hydrogens is 212 g/mol. The molecule has 0 aliphatic rings. The van der Waals surface area contributed by atoms with E-state index in [1.807, 2.05) is 6.92 Å². The van der Waals surface area contributed by atoms with Crippen molar-refractivity contribution in [3.05, 3.63) is 0 Å². The molecule has 0 bridgehead atoms. The third-order valence-corrected chi connectivity index (χ3v) is 3.18. The molecule has 0 aromatic rings. The van der Waals surface area contributed by atoms with E-state index in [1.54, 1.807) is 0 Å². The lowest BCUT2D eigenvalue weighted by Crippen LogP contribution is -2.40. The van der Waals surface area contributed by atoms with E-state index in [0.29, 0.717) is 6.04 Å². The summed E-state index contributed by atoms with van der Waals surface area (Å²) in [5.74, 6) is 0.0757. The van der Waals surface area contributed by atoms with Gasteiger partial charge in [0.05, 0.1) is 12.0 Å². The molecule has 0 saturated heterocycles. The minimum atomic E-state index is 0.0757. The summed E-state index contributed by atoms with van der Waals surface area (Å²) in [6.45, 7) is 8.79. The molecule has 0 heterocycles. The van der Waals surface area contributed by atoms with Crippen LogP contribution in [0.15, 0.2) is 0 Å². The highest BCUT2D eigenvalue weighted by Crippen LogP contribution is 2.18. The molecule has 0 aliphatic carbocycles. The number of aliphatic hydroxyl groups excluding tert-OH is 1. The average molecular weight is 240 g/mol. The zero-order valence-electron chi connectivity index (χ0n) is 11.7. The number of nitrogens with zero attached hydrogens (tertiary/aromatic N) is 2. The molecule has 2 atom stereocenters. The molecule has 3 heteroatoms. The number of nitriles is 1. The zero-order chi connectivity index (χ0) is 13.1. The monoisotopic (exact) mass is 240 g/mol.